The zero-order valence-corrected chi connectivity index (χ0v) is 12.8. The van der Waals surface area contributed by atoms with E-state index < -0.39 is 12.0 Å². The van der Waals surface area contributed by atoms with E-state index in [9.17, 15) is 9.59 Å². The van der Waals surface area contributed by atoms with Gasteiger partial charge in [0.15, 0.2) is 5.76 Å². The maximum Gasteiger partial charge on any atom is 0.315 e. The summed E-state index contributed by atoms with van der Waals surface area (Å²) in [4.78, 5) is 26.3. The molecule has 0 bridgehead atoms. The van der Waals surface area contributed by atoms with Crippen molar-refractivity contribution in [2.45, 2.75) is 25.8 Å². The van der Waals surface area contributed by atoms with Gasteiger partial charge in [0.1, 0.15) is 6.04 Å². The molecule has 0 aliphatic carbocycles. The molecule has 1 unspecified atom stereocenters. The number of carboxylic acids is 1. The number of urea groups is 1. The van der Waals surface area contributed by atoms with Crippen LogP contribution in [0.2, 0.25) is 0 Å². The number of carbonyl (C=O) groups excluding carboxylic acids is 1. The summed E-state index contributed by atoms with van der Waals surface area (Å²) in [5.74, 6) is 0.162. The third-order valence-electron chi connectivity index (χ3n) is 3.15. The Morgan fingerprint density at radius 3 is 2.74 bits per heavy atom. The second-order valence-corrected chi connectivity index (χ2v) is 5.05. The van der Waals surface area contributed by atoms with Gasteiger partial charge < -0.3 is 20.2 Å². The van der Waals surface area contributed by atoms with E-state index in [0.717, 1.165) is 5.56 Å². The molecule has 0 spiro atoms. The number of amides is 2. The van der Waals surface area contributed by atoms with E-state index in [2.05, 4.69) is 15.6 Å². The van der Waals surface area contributed by atoms with Gasteiger partial charge in [0.2, 0.25) is 5.89 Å². The Balaban J connectivity index is 1.84. The van der Waals surface area contributed by atoms with Crippen LogP contribution in [-0.2, 0) is 4.79 Å². The van der Waals surface area contributed by atoms with Crippen LogP contribution >= 0.6 is 0 Å². The molecular formula is C16H19N3O4. The zero-order chi connectivity index (χ0) is 16.7. The van der Waals surface area contributed by atoms with E-state index in [-0.39, 0.29) is 12.5 Å². The van der Waals surface area contributed by atoms with Crippen molar-refractivity contribution in [2.75, 3.05) is 6.54 Å². The van der Waals surface area contributed by atoms with Crippen molar-refractivity contribution in [1.82, 2.24) is 15.6 Å². The summed E-state index contributed by atoms with van der Waals surface area (Å²) >= 11 is 0. The van der Waals surface area contributed by atoms with E-state index in [4.69, 9.17) is 9.52 Å². The third-order valence-corrected chi connectivity index (χ3v) is 3.15. The number of aliphatic carboxylic acids is 1. The minimum Gasteiger partial charge on any atom is -0.481 e. The Morgan fingerprint density at radius 1 is 1.30 bits per heavy atom. The average molecular weight is 317 g/mol. The van der Waals surface area contributed by atoms with E-state index in [0.29, 0.717) is 24.6 Å². The molecule has 3 N–H and O–H groups in total. The highest BCUT2D eigenvalue weighted by Gasteiger charge is 2.15. The molecule has 2 aromatic rings. The first-order valence-electron chi connectivity index (χ1n) is 7.33. The second-order valence-electron chi connectivity index (χ2n) is 5.05. The molecule has 2 rings (SSSR count). The molecule has 0 aliphatic rings. The molecular weight excluding hydrogens is 298 g/mol. The largest absolute Gasteiger partial charge is 0.481 e. The summed E-state index contributed by atoms with van der Waals surface area (Å²) in [5, 5.41) is 13.8. The summed E-state index contributed by atoms with van der Waals surface area (Å²) in [5.41, 5.74) is 0.913. The lowest BCUT2D eigenvalue weighted by molar-refractivity contribution is -0.137. The number of hydrogen-bond donors (Lipinski definition) is 3. The van der Waals surface area contributed by atoms with Gasteiger partial charge in [-0.1, -0.05) is 30.3 Å². The first-order valence-corrected chi connectivity index (χ1v) is 7.33. The zero-order valence-electron chi connectivity index (χ0n) is 12.8. The van der Waals surface area contributed by atoms with Gasteiger partial charge >= 0.3 is 12.0 Å². The number of carboxylic acid groups (broad SMARTS) is 1. The number of aromatic nitrogens is 1. The van der Waals surface area contributed by atoms with Gasteiger partial charge in [-0.3, -0.25) is 4.79 Å². The van der Waals surface area contributed by atoms with Crippen molar-refractivity contribution in [2.24, 2.45) is 0 Å². The summed E-state index contributed by atoms with van der Waals surface area (Å²) in [7, 11) is 0. The number of carbonyl (C=O) groups is 2. The fraction of sp³-hybridized carbons (Fsp3) is 0.312. The fourth-order valence-corrected chi connectivity index (χ4v) is 1.97. The molecule has 0 radical (unpaired) electrons. The van der Waals surface area contributed by atoms with Crippen molar-refractivity contribution in [3.63, 3.8) is 0 Å². The van der Waals surface area contributed by atoms with Gasteiger partial charge in [0.25, 0.3) is 0 Å². The lowest BCUT2D eigenvalue weighted by Crippen LogP contribution is -2.37. The maximum atomic E-state index is 11.7. The number of nitrogens with one attached hydrogen (secondary N) is 2. The number of nitrogens with zero attached hydrogens (tertiary/aromatic N) is 1. The van der Waals surface area contributed by atoms with E-state index >= 15 is 0 Å². The predicted molar refractivity (Wildman–Crippen MR) is 83.8 cm³/mol. The van der Waals surface area contributed by atoms with Crippen molar-refractivity contribution in [1.29, 1.82) is 0 Å². The van der Waals surface area contributed by atoms with Crippen LogP contribution in [0.1, 0.15) is 31.7 Å². The van der Waals surface area contributed by atoms with Crippen LogP contribution in [0.5, 0.6) is 0 Å². The maximum absolute atomic E-state index is 11.7. The quantitative estimate of drug-likeness (QED) is 0.681. The Kier molecular flexibility index (Phi) is 5.74. The average Bonchev–Trinajstić information content (AvgIpc) is 3.02. The van der Waals surface area contributed by atoms with Crippen LogP contribution in [0.15, 0.2) is 40.9 Å². The van der Waals surface area contributed by atoms with E-state index in [1.807, 2.05) is 30.3 Å². The first-order chi connectivity index (χ1) is 11.1. The summed E-state index contributed by atoms with van der Waals surface area (Å²) in [6, 6.07) is 8.77. The Hall–Kier alpha value is -2.83. The molecule has 0 fully saturated rings. The molecule has 0 saturated carbocycles. The molecule has 0 aliphatic heterocycles. The van der Waals surface area contributed by atoms with Crippen LogP contribution in [-0.4, -0.2) is 28.6 Å². The monoisotopic (exact) mass is 317 g/mol. The molecule has 1 aromatic carbocycles. The van der Waals surface area contributed by atoms with E-state index in [1.165, 1.54) is 0 Å². The highest BCUT2D eigenvalue weighted by molar-refractivity contribution is 5.74. The first kappa shape index (κ1) is 16.5. The number of rotatable bonds is 7. The van der Waals surface area contributed by atoms with Crippen LogP contribution < -0.4 is 10.6 Å². The Morgan fingerprint density at radius 2 is 2.04 bits per heavy atom. The SMILES string of the molecule is CC(NC(=O)NCCCC(=O)O)c1ncc(-c2ccccc2)o1. The van der Waals surface area contributed by atoms with Crippen molar-refractivity contribution < 1.29 is 19.1 Å². The lowest BCUT2D eigenvalue weighted by Gasteiger charge is -2.11. The lowest BCUT2D eigenvalue weighted by atomic mass is 10.2. The molecule has 122 valence electrons. The van der Waals surface area contributed by atoms with Crippen LogP contribution in [0.3, 0.4) is 0 Å². The third kappa shape index (κ3) is 5.14. The number of benzene rings is 1. The molecule has 1 atom stereocenters. The molecule has 7 heteroatoms. The number of hydrogen-bond acceptors (Lipinski definition) is 4. The predicted octanol–water partition coefficient (Wildman–Crippen LogP) is 2.57. The van der Waals surface area contributed by atoms with Crippen molar-refractivity contribution >= 4 is 12.0 Å². The Labute approximate surface area is 133 Å². The van der Waals surface area contributed by atoms with Crippen molar-refractivity contribution in [3.8, 4) is 11.3 Å². The van der Waals surface area contributed by atoms with Crippen LogP contribution in [0.25, 0.3) is 11.3 Å². The van der Waals surface area contributed by atoms with Gasteiger partial charge in [-0.2, -0.15) is 0 Å². The van der Waals surface area contributed by atoms with Gasteiger partial charge in [-0.05, 0) is 13.3 Å². The normalized spacial score (nSPS) is 11.7. The highest BCUT2D eigenvalue weighted by Crippen LogP contribution is 2.22. The molecule has 1 heterocycles. The van der Waals surface area contributed by atoms with Gasteiger partial charge in [0.05, 0.1) is 6.20 Å². The second kappa shape index (κ2) is 7.98. The van der Waals surface area contributed by atoms with Gasteiger partial charge in [-0.25, -0.2) is 9.78 Å². The smallest absolute Gasteiger partial charge is 0.315 e. The molecule has 23 heavy (non-hydrogen) atoms. The topological polar surface area (TPSA) is 104 Å². The van der Waals surface area contributed by atoms with Crippen LogP contribution in [0.4, 0.5) is 4.79 Å². The summed E-state index contributed by atoms with van der Waals surface area (Å²) in [6.45, 7) is 2.06. The minimum atomic E-state index is -0.881. The van der Waals surface area contributed by atoms with Gasteiger partial charge in [0, 0.05) is 18.5 Å². The molecule has 1 aromatic heterocycles. The number of oxazole rings is 1. The standard InChI is InChI=1S/C16H19N3O4/c1-11(19-16(22)17-9-5-8-14(20)21)15-18-10-13(23-15)12-6-3-2-4-7-12/h2-4,6-7,10-11H,5,8-9H2,1H3,(H,20,21)(H2,17,19,22). The van der Waals surface area contributed by atoms with Crippen LogP contribution in [0, 0.1) is 0 Å². The van der Waals surface area contributed by atoms with Gasteiger partial charge in [-0.15, -0.1) is 0 Å². The summed E-state index contributed by atoms with van der Waals surface area (Å²) < 4.78 is 5.66. The Bertz CT molecular complexity index is 654. The van der Waals surface area contributed by atoms with Crippen molar-refractivity contribution in [3.05, 3.63) is 42.4 Å². The molecule has 0 saturated heterocycles. The minimum absolute atomic E-state index is 0.0238. The fourth-order valence-electron chi connectivity index (χ4n) is 1.97. The summed E-state index contributed by atoms with van der Waals surface area (Å²) in [6.07, 6.45) is 2.03. The molecule has 2 amide bonds. The van der Waals surface area contributed by atoms with E-state index in [1.54, 1.807) is 13.1 Å². The highest BCUT2D eigenvalue weighted by atomic mass is 16.4. The molecule has 7 nitrogen and oxygen atoms in total.